The molecule has 1 aromatic rings. The Morgan fingerprint density at radius 2 is 2.21 bits per heavy atom. The second-order valence-electron chi connectivity index (χ2n) is 4.46. The SMILES string of the molecule is Cc1cccc(C(=O)O)c1NC(=O)NC1CCOC1. The summed E-state index contributed by atoms with van der Waals surface area (Å²) in [5, 5.41) is 14.4. The lowest BCUT2D eigenvalue weighted by atomic mass is 10.1. The van der Waals surface area contributed by atoms with E-state index in [1.807, 2.05) is 0 Å². The average molecular weight is 264 g/mol. The van der Waals surface area contributed by atoms with Gasteiger partial charge in [0.25, 0.3) is 0 Å². The maximum atomic E-state index is 11.8. The first-order valence-electron chi connectivity index (χ1n) is 6.06. The fourth-order valence-corrected chi connectivity index (χ4v) is 2.00. The molecule has 6 heteroatoms. The number of carboxylic acid groups (broad SMARTS) is 1. The Labute approximate surface area is 110 Å². The van der Waals surface area contributed by atoms with Crippen LogP contribution in [0.4, 0.5) is 10.5 Å². The standard InChI is InChI=1S/C13H16N2O4/c1-8-3-2-4-10(12(16)17)11(8)15-13(18)14-9-5-6-19-7-9/h2-4,9H,5-7H2,1H3,(H,16,17)(H2,14,15,18). The third kappa shape index (κ3) is 3.23. The number of carbonyl (C=O) groups is 2. The van der Waals surface area contributed by atoms with Crippen molar-refractivity contribution < 1.29 is 19.4 Å². The molecule has 2 amide bonds. The highest BCUT2D eigenvalue weighted by Crippen LogP contribution is 2.20. The molecule has 0 radical (unpaired) electrons. The molecule has 1 heterocycles. The highest BCUT2D eigenvalue weighted by molar-refractivity contribution is 6.01. The lowest BCUT2D eigenvalue weighted by molar-refractivity contribution is 0.0698. The Kier molecular flexibility index (Phi) is 4.01. The van der Waals surface area contributed by atoms with Crippen molar-refractivity contribution in [1.82, 2.24) is 5.32 Å². The number of carbonyl (C=O) groups excluding carboxylic acids is 1. The first-order chi connectivity index (χ1) is 9.08. The van der Waals surface area contributed by atoms with Crippen molar-refractivity contribution in [2.45, 2.75) is 19.4 Å². The number of rotatable bonds is 3. The maximum absolute atomic E-state index is 11.8. The minimum absolute atomic E-state index is 0.0164. The van der Waals surface area contributed by atoms with Gasteiger partial charge in [-0.25, -0.2) is 9.59 Å². The van der Waals surface area contributed by atoms with Crippen LogP contribution in [0, 0.1) is 6.92 Å². The monoisotopic (exact) mass is 264 g/mol. The molecule has 1 aliphatic heterocycles. The largest absolute Gasteiger partial charge is 0.478 e. The second kappa shape index (κ2) is 5.71. The number of hydrogen-bond acceptors (Lipinski definition) is 3. The molecular weight excluding hydrogens is 248 g/mol. The van der Waals surface area contributed by atoms with E-state index in [1.165, 1.54) is 6.07 Å². The van der Waals surface area contributed by atoms with Gasteiger partial charge >= 0.3 is 12.0 Å². The molecule has 0 aromatic heterocycles. The molecule has 1 unspecified atom stereocenters. The molecule has 102 valence electrons. The van der Waals surface area contributed by atoms with Gasteiger partial charge in [0.1, 0.15) is 0 Å². The summed E-state index contributed by atoms with van der Waals surface area (Å²) in [7, 11) is 0. The number of aryl methyl sites for hydroxylation is 1. The lowest BCUT2D eigenvalue weighted by Gasteiger charge is -2.14. The molecule has 2 rings (SSSR count). The fraction of sp³-hybridized carbons (Fsp3) is 0.385. The summed E-state index contributed by atoms with van der Waals surface area (Å²) >= 11 is 0. The van der Waals surface area contributed by atoms with Crippen molar-refractivity contribution in [2.75, 3.05) is 18.5 Å². The number of nitrogens with one attached hydrogen (secondary N) is 2. The van der Waals surface area contributed by atoms with E-state index in [9.17, 15) is 9.59 Å². The Morgan fingerprint density at radius 1 is 1.42 bits per heavy atom. The molecule has 1 aliphatic rings. The van der Waals surface area contributed by atoms with Gasteiger partial charge in [0, 0.05) is 6.61 Å². The molecule has 19 heavy (non-hydrogen) atoms. The molecular formula is C13H16N2O4. The lowest BCUT2D eigenvalue weighted by Crippen LogP contribution is -2.38. The first kappa shape index (κ1) is 13.4. The van der Waals surface area contributed by atoms with Crippen LogP contribution in [0.15, 0.2) is 18.2 Å². The van der Waals surface area contributed by atoms with Crippen molar-refractivity contribution in [1.29, 1.82) is 0 Å². The van der Waals surface area contributed by atoms with Crippen molar-refractivity contribution in [2.24, 2.45) is 0 Å². The summed E-state index contributed by atoms with van der Waals surface area (Å²) in [4.78, 5) is 22.9. The molecule has 3 N–H and O–H groups in total. The van der Waals surface area contributed by atoms with E-state index in [4.69, 9.17) is 9.84 Å². The van der Waals surface area contributed by atoms with Gasteiger partial charge in [-0.05, 0) is 25.0 Å². The van der Waals surface area contributed by atoms with Crippen LogP contribution in [-0.4, -0.2) is 36.4 Å². The van der Waals surface area contributed by atoms with Crippen molar-refractivity contribution in [3.63, 3.8) is 0 Å². The van der Waals surface area contributed by atoms with Gasteiger partial charge in [-0.1, -0.05) is 12.1 Å². The predicted octanol–water partition coefficient (Wildman–Crippen LogP) is 1.60. The van der Waals surface area contributed by atoms with Gasteiger partial charge in [0.15, 0.2) is 0 Å². The summed E-state index contributed by atoms with van der Waals surface area (Å²) in [5.41, 5.74) is 1.11. The topological polar surface area (TPSA) is 87.7 Å². The maximum Gasteiger partial charge on any atom is 0.337 e. The number of aromatic carboxylic acids is 1. The van der Waals surface area contributed by atoms with E-state index in [1.54, 1.807) is 19.1 Å². The third-order valence-corrected chi connectivity index (χ3v) is 3.01. The highest BCUT2D eigenvalue weighted by atomic mass is 16.5. The Hall–Kier alpha value is -2.08. The van der Waals surface area contributed by atoms with Crippen LogP contribution in [0.2, 0.25) is 0 Å². The van der Waals surface area contributed by atoms with Crippen LogP contribution in [-0.2, 0) is 4.74 Å². The fourth-order valence-electron chi connectivity index (χ4n) is 2.00. The second-order valence-corrected chi connectivity index (χ2v) is 4.46. The normalized spacial score (nSPS) is 18.1. The summed E-state index contributed by atoms with van der Waals surface area (Å²) in [6, 6.07) is 4.43. The molecule has 0 aliphatic carbocycles. The zero-order valence-electron chi connectivity index (χ0n) is 10.6. The zero-order valence-corrected chi connectivity index (χ0v) is 10.6. The summed E-state index contributed by atoms with van der Waals surface area (Å²) in [6.45, 7) is 2.88. The van der Waals surface area contributed by atoms with Gasteiger partial charge in [0.05, 0.1) is 23.9 Å². The number of ether oxygens (including phenoxy) is 1. The van der Waals surface area contributed by atoms with Crippen molar-refractivity contribution in [3.8, 4) is 0 Å². The van der Waals surface area contributed by atoms with Crippen LogP contribution >= 0.6 is 0 Å². The van der Waals surface area contributed by atoms with Crippen LogP contribution in [0.25, 0.3) is 0 Å². The number of amides is 2. The number of hydrogen-bond donors (Lipinski definition) is 3. The van der Waals surface area contributed by atoms with Gasteiger partial charge in [-0.15, -0.1) is 0 Å². The van der Waals surface area contributed by atoms with E-state index >= 15 is 0 Å². The Morgan fingerprint density at radius 3 is 2.84 bits per heavy atom. The van der Waals surface area contributed by atoms with Crippen molar-refractivity contribution >= 4 is 17.7 Å². The van der Waals surface area contributed by atoms with E-state index in [2.05, 4.69) is 10.6 Å². The molecule has 0 saturated carbocycles. The third-order valence-electron chi connectivity index (χ3n) is 3.01. The van der Waals surface area contributed by atoms with Crippen LogP contribution in [0.3, 0.4) is 0 Å². The van der Waals surface area contributed by atoms with E-state index in [0.717, 1.165) is 6.42 Å². The van der Waals surface area contributed by atoms with E-state index < -0.39 is 12.0 Å². The van der Waals surface area contributed by atoms with Gasteiger partial charge in [-0.3, -0.25) is 0 Å². The number of benzene rings is 1. The Bertz CT molecular complexity index is 495. The zero-order chi connectivity index (χ0) is 13.8. The molecule has 1 saturated heterocycles. The molecule has 6 nitrogen and oxygen atoms in total. The summed E-state index contributed by atoms with van der Waals surface area (Å²) in [5.74, 6) is -1.07. The van der Waals surface area contributed by atoms with Crippen LogP contribution < -0.4 is 10.6 Å². The summed E-state index contributed by atoms with van der Waals surface area (Å²) < 4.78 is 5.16. The van der Waals surface area contributed by atoms with E-state index in [-0.39, 0.29) is 11.6 Å². The summed E-state index contributed by atoms with van der Waals surface area (Å²) in [6.07, 6.45) is 0.771. The predicted molar refractivity (Wildman–Crippen MR) is 69.5 cm³/mol. The van der Waals surface area contributed by atoms with E-state index in [0.29, 0.717) is 24.5 Å². The quantitative estimate of drug-likeness (QED) is 0.773. The number of urea groups is 1. The smallest absolute Gasteiger partial charge is 0.337 e. The van der Waals surface area contributed by atoms with Crippen molar-refractivity contribution in [3.05, 3.63) is 29.3 Å². The molecule has 1 fully saturated rings. The van der Waals surface area contributed by atoms with Gasteiger partial charge in [0.2, 0.25) is 0 Å². The van der Waals surface area contributed by atoms with Gasteiger partial charge < -0.3 is 20.5 Å². The first-order valence-corrected chi connectivity index (χ1v) is 6.06. The van der Waals surface area contributed by atoms with Gasteiger partial charge in [-0.2, -0.15) is 0 Å². The molecule has 1 aromatic carbocycles. The number of carboxylic acids is 1. The van der Waals surface area contributed by atoms with Crippen LogP contribution in [0.5, 0.6) is 0 Å². The van der Waals surface area contributed by atoms with Crippen LogP contribution in [0.1, 0.15) is 22.3 Å². The average Bonchev–Trinajstić information content (AvgIpc) is 2.84. The number of para-hydroxylation sites is 1. The molecule has 0 bridgehead atoms. The number of anilines is 1. The molecule has 1 atom stereocenters. The molecule has 0 spiro atoms. The highest BCUT2D eigenvalue weighted by Gasteiger charge is 2.19. The Balaban J connectivity index is 2.09. The minimum atomic E-state index is -1.07. The minimum Gasteiger partial charge on any atom is -0.478 e.